The Bertz CT molecular complexity index is 402. The van der Waals surface area contributed by atoms with Crippen LogP contribution in [0.25, 0.3) is 6.08 Å². The maximum absolute atomic E-state index is 10.6. The number of rotatable bonds is 5. The van der Waals surface area contributed by atoms with Crippen molar-refractivity contribution >= 4 is 12.0 Å². The number of aryl methyl sites for hydroxylation is 1. The summed E-state index contributed by atoms with van der Waals surface area (Å²) in [6.45, 7) is 13.4. The summed E-state index contributed by atoms with van der Waals surface area (Å²) in [5, 5.41) is 0. The van der Waals surface area contributed by atoms with Gasteiger partial charge in [0.05, 0.1) is 6.61 Å². The summed E-state index contributed by atoms with van der Waals surface area (Å²) in [6.07, 6.45) is 3.83. The third-order valence-electron chi connectivity index (χ3n) is 2.41. The van der Waals surface area contributed by atoms with E-state index in [1.165, 1.54) is 11.1 Å². The van der Waals surface area contributed by atoms with Crippen LogP contribution in [0.2, 0.25) is 0 Å². The predicted octanol–water partition coefficient (Wildman–Crippen LogP) is 4.41. The smallest absolute Gasteiger partial charge is 0.333 e. The average molecular weight is 260 g/mol. The van der Waals surface area contributed by atoms with Crippen LogP contribution >= 0.6 is 0 Å². The fourth-order valence-corrected chi connectivity index (χ4v) is 1.21. The molecule has 0 aliphatic heterocycles. The van der Waals surface area contributed by atoms with Crippen LogP contribution in [-0.4, -0.2) is 12.6 Å². The largest absolute Gasteiger partial charge is 0.462 e. The highest BCUT2D eigenvalue weighted by molar-refractivity contribution is 5.86. The topological polar surface area (TPSA) is 26.3 Å². The average Bonchev–Trinajstić information content (AvgIpc) is 2.45. The second kappa shape index (κ2) is 10.1. The first-order chi connectivity index (χ1) is 9.04. The molecule has 0 unspecified atom stereocenters. The number of hydrogen-bond donors (Lipinski definition) is 0. The van der Waals surface area contributed by atoms with E-state index >= 15 is 0 Å². The van der Waals surface area contributed by atoms with E-state index in [1.54, 1.807) is 6.92 Å². The SMILES string of the molecule is C=C(C)C(=O)OCCC.C=Cc1ccc(CC)cc1. The molecule has 0 aliphatic rings. The lowest BCUT2D eigenvalue weighted by Crippen LogP contribution is -2.04. The van der Waals surface area contributed by atoms with Crippen molar-refractivity contribution in [3.8, 4) is 0 Å². The quantitative estimate of drug-likeness (QED) is 0.579. The van der Waals surface area contributed by atoms with E-state index in [2.05, 4.69) is 44.3 Å². The Kier molecular flexibility index (Phi) is 9.15. The molecule has 104 valence electrons. The molecule has 0 bridgehead atoms. The summed E-state index contributed by atoms with van der Waals surface area (Å²) >= 11 is 0. The lowest BCUT2D eigenvalue weighted by Gasteiger charge is -1.99. The second-order valence-corrected chi connectivity index (χ2v) is 4.22. The van der Waals surface area contributed by atoms with Gasteiger partial charge in [-0.3, -0.25) is 0 Å². The zero-order valence-corrected chi connectivity index (χ0v) is 12.2. The first-order valence-electron chi connectivity index (χ1n) is 6.59. The molecule has 1 aromatic carbocycles. The van der Waals surface area contributed by atoms with E-state index in [4.69, 9.17) is 4.74 Å². The van der Waals surface area contributed by atoms with Gasteiger partial charge in [-0.2, -0.15) is 0 Å². The summed E-state index contributed by atoms with van der Waals surface area (Å²) < 4.78 is 4.71. The van der Waals surface area contributed by atoms with Crippen molar-refractivity contribution in [3.63, 3.8) is 0 Å². The molecule has 0 saturated heterocycles. The lowest BCUT2D eigenvalue weighted by atomic mass is 10.1. The van der Waals surface area contributed by atoms with Crippen LogP contribution in [-0.2, 0) is 16.0 Å². The molecule has 2 nitrogen and oxygen atoms in total. The van der Waals surface area contributed by atoms with E-state index < -0.39 is 0 Å². The van der Waals surface area contributed by atoms with Gasteiger partial charge in [0.2, 0.25) is 0 Å². The van der Waals surface area contributed by atoms with Crippen LogP contribution in [0.3, 0.4) is 0 Å². The Hall–Kier alpha value is -1.83. The first kappa shape index (κ1) is 17.2. The summed E-state index contributed by atoms with van der Waals surface area (Å²) in [6, 6.07) is 8.45. The summed E-state index contributed by atoms with van der Waals surface area (Å²) in [5.74, 6) is -0.295. The van der Waals surface area contributed by atoms with Gasteiger partial charge in [-0.25, -0.2) is 4.79 Å². The maximum atomic E-state index is 10.6. The molecule has 0 amide bonds. The summed E-state index contributed by atoms with van der Waals surface area (Å²) in [7, 11) is 0. The van der Waals surface area contributed by atoms with Crippen LogP contribution in [0.1, 0.15) is 38.3 Å². The van der Waals surface area contributed by atoms with Gasteiger partial charge in [-0.15, -0.1) is 0 Å². The minimum atomic E-state index is -0.295. The Morgan fingerprint density at radius 1 is 1.26 bits per heavy atom. The molecule has 19 heavy (non-hydrogen) atoms. The second-order valence-electron chi connectivity index (χ2n) is 4.22. The van der Waals surface area contributed by atoms with Crippen molar-refractivity contribution in [2.75, 3.05) is 6.61 Å². The molecule has 1 rings (SSSR count). The van der Waals surface area contributed by atoms with E-state index in [9.17, 15) is 4.79 Å². The van der Waals surface area contributed by atoms with E-state index in [-0.39, 0.29) is 5.97 Å². The molecule has 0 saturated carbocycles. The molecular weight excluding hydrogens is 236 g/mol. The highest BCUT2D eigenvalue weighted by atomic mass is 16.5. The molecule has 0 atom stereocenters. The number of esters is 1. The van der Waals surface area contributed by atoms with Crippen LogP contribution < -0.4 is 0 Å². The number of ether oxygens (including phenoxy) is 1. The zero-order valence-electron chi connectivity index (χ0n) is 12.2. The van der Waals surface area contributed by atoms with Gasteiger partial charge in [0.25, 0.3) is 0 Å². The van der Waals surface area contributed by atoms with Crippen molar-refractivity contribution in [1.82, 2.24) is 0 Å². The number of carbonyl (C=O) groups excluding carboxylic acids is 1. The van der Waals surface area contributed by atoms with Crippen LogP contribution in [0, 0.1) is 0 Å². The molecular formula is C17H24O2. The van der Waals surface area contributed by atoms with Gasteiger partial charge in [0.15, 0.2) is 0 Å². The fraction of sp³-hybridized carbons (Fsp3) is 0.353. The van der Waals surface area contributed by atoms with E-state index in [0.29, 0.717) is 12.2 Å². The number of carbonyl (C=O) groups is 1. The van der Waals surface area contributed by atoms with Crippen molar-refractivity contribution in [3.05, 3.63) is 54.1 Å². The standard InChI is InChI=1S/C10H12.C7H12O2/c1-3-9-5-7-10(4-2)8-6-9;1-4-5-9-7(8)6(2)3/h3,5-8H,1,4H2,2H3;2,4-5H2,1,3H3. The Balaban J connectivity index is 0.000000344. The van der Waals surface area contributed by atoms with Gasteiger partial charge in [-0.05, 0) is 30.9 Å². The minimum absolute atomic E-state index is 0.295. The van der Waals surface area contributed by atoms with Crippen LogP contribution in [0.15, 0.2) is 43.0 Å². The Labute approximate surface area is 116 Å². The van der Waals surface area contributed by atoms with E-state index in [0.717, 1.165) is 12.8 Å². The third kappa shape index (κ3) is 7.98. The Morgan fingerprint density at radius 2 is 1.84 bits per heavy atom. The lowest BCUT2D eigenvalue weighted by molar-refractivity contribution is -0.138. The van der Waals surface area contributed by atoms with Crippen LogP contribution in [0.4, 0.5) is 0 Å². The van der Waals surface area contributed by atoms with Gasteiger partial charge in [-0.1, -0.05) is 57.3 Å². The first-order valence-corrected chi connectivity index (χ1v) is 6.59. The van der Waals surface area contributed by atoms with Crippen molar-refractivity contribution in [1.29, 1.82) is 0 Å². The van der Waals surface area contributed by atoms with Crippen LogP contribution in [0.5, 0.6) is 0 Å². The predicted molar refractivity (Wildman–Crippen MR) is 82.0 cm³/mol. The van der Waals surface area contributed by atoms with Gasteiger partial charge in [0, 0.05) is 5.57 Å². The van der Waals surface area contributed by atoms with E-state index in [1.807, 2.05) is 13.0 Å². The molecule has 0 N–H and O–H groups in total. The molecule has 0 aliphatic carbocycles. The molecule has 0 spiro atoms. The van der Waals surface area contributed by atoms with Gasteiger partial charge in [0.1, 0.15) is 0 Å². The highest BCUT2D eigenvalue weighted by Crippen LogP contribution is 2.05. The molecule has 1 aromatic rings. The monoisotopic (exact) mass is 260 g/mol. The minimum Gasteiger partial charge on any atom is -0.462 e. The molecule has 0 heterocycles. The molecule has 2 heteroatoms. The normalized spacial score (nSPS) is 9.00. The van der Waals surface area contributed by atoms with Crippen molar-refractivity contribution in [2.24, 2.45) is 0 Å². The molecule has 0 radical (unpaired) electrons. The molecule has 0 aromatic heterocycles. The fourth-order valence-electron chi connectivity index (χ4n) is 1.21. The number of benzene rings is 1. The van der Waals surface area contributed by atoms with Crippen molar-refractivity contribution < 1.29 is 9.53 Å². The molecule has 0 fully saturated rings. The third-order valence-corrected chi connectivity index (χ3v) is 2.41. The number of hydrogen-bond acceptors (Lipinski definition) is 2. The van der Waals surface area contributed by atoms with Gasteiger partial charge < -0.3 is 4.74 Å². The van der Waals surface area contributed by atoms with Crippen molar-refractivity contribution in [2.45, 2.75) is 33.6 Å². The zero-order chi connectivity index (χ0) is 14.7. The van der Waals surface area contributed by atoms with Gasteiger partial charge >= 0.3 is 5.97 Å². The summed E-state index contributed by atoms with van der Waals surface area (Å²) in [4.78, 5) is 10.6. The maximum Gasteiger partial charge on any atom is 0.333 e. The highest BCUT2D eigenvalue weighted by Gasteiger charge is 1.99. The Morgan fingerprint density at radius 3 is 2.21 bits per heavy atom. The summed E-state index contributed by atoms with van der Waals surface area (Å²) in [5.41, 5.74) is 3.03.